The number of hydrogen-bond donors (Lipinski definition) is 2. The number of rotatable bonds is 6. The molecule has 1 fully saturated rings. The van der Waals surface area contributed by atoms with Crippen LogP contribution in [0.3, 0.4) is 0 Å². The minimum atomic E-state index is -3.97. The van der Waals surface area contributed by atoms with Gasteiger partial charge in [-0.1, -0.05) is 67.1 Å². The summed E-state index contributed by atoms with van der Waals surface area (Å²) in [7, 11) is -3.97. The minimum absolute atomic E-state index is 0.188. The molecule has 2 aliphatic rings. The van der Waals surface area contributed by atoms with Gasteiger partial charge in [-0.2, -0.15) is 17.4 Å². The Labute approximate surface area is 181 Å². The van der Waals surface area contributed by atoms with Gasteiger partial charge in [0.15, 0.2) is 0 Å². The van der Waals surface area contributed by atoms with E-state index in [2.05, 4.69) is 4.72 Å². The Morgan fingerprint density at radius 1 is 1.17 bits per heavy atom. The molecule has 1 aliphatic heterocycles. The third-order valence-corrected chi connectivity index (χ3v) is 8.00. The van der Waals surface area contributed by atoms with E-state index in [1.165, 1.54) is 4.31 Å². The van der Waals surface area contributed by atoms with E-state index in [1.54, 1.807) is 19.1 Å². The predicted molar refractivity (Wildman–Crippen MR) is 116 cm³/mol. The molecule has 3 unspecified atom stereocenters. The van der Waals surface area contributed by atoms with Gasteiger partial charge in [-0.05, 0) is 41.2 Å². The molecule has 0 amide bonds. The fourth-order valence-corrected chi connectivity index (χ4v) is 6.06. The zero-order valence-electron chi connectivity index (χ0n) is 16.5. The van der Waals surface area contributed by atoms with Crippen molar-refractivity contribution in [2.75, 3.05) is 13.1 Å². The Bertz CT molecular complexity index is 1090. The number of benzene rings is 2. The summed E-state index contributed by atoms with van der Waals surface area (Å²) < 4.78 is 29.9. The van der Waals surface area contributed by atoms with Crippen molar-refractivity contribution in [2.45, 2.75) is 24.8 Å². The normalized spacial score (nSPS) is 26.8. The van der Waals surface area contributed by atoms with E-state index in [-0.39, 0.29) is 19.0 Å². The molecule has 2 N–H and O–H groups in total. The standard InChI is InChI=1S/C22H23ClN2O4S/c1-15-20(18-5-3-2-4-6-18)22(15,21(26)27)24-30(28,29)25-13-11-17(12-14-25)16-7-9-19(23)10-8-16/h2-11,15,20,24H,12-14H2,1H3,(H,26,27). The molecule has 0 saturated heterocycles. The van der Waals surface area contributed by atoms with E-state index >= 15 is 0 Å². The molecule has 2 aromatic carbocycles. The van der Waals surface area contributed by atoms with Gasteiger partial charge < -0.3 is 5.11 Å². The van der Waals surface area contributed by atoms with Crippen molar-refractivity contribution in [1.82, 2.24) is 9.03 Å². The van der Waals surface area contributed by atoms with Crippen LogP contribution in [0.5, 0.6) is 0 Å². The highest BCUT2D eigenvalue weighted by Crippen LogP contribution is 2.58. The minimum Gasteiger partial charge on any atom is -0.480 e. The largest absolute Gasteiger partial charge is 0.480 e. The number of halogens is 1. The second kappa shape index (κ2) is 7.81. The lowest BCUT2D eigenvalue weighted by molar-refractivity contribution is -0.140. The highest BCUT2D eigenvalue weighted by Gasteiger charge is 2.70. The van der Waals surface area contributed by atoms with Crippen LogP contribution in [-0.2, 0) is 15.0 Å². The zero-order valence-corrected chi connectivity index (χ0v) is 18.0. The van der Waals surface area contributed by atoms with E-state index in [0.717, 1.165) is 16.7 Å². The van der Waals surface area contributed by atoms with Crippen LogP contribution in [-0.4, -0.2) is 42.4 Å². The molecule has 158 valence electrons. The van der Waals surface area contributed by atoms with Gasteiger partial charge in [-0.3, -0.25) is 4.79 Å². The van der Waals surface area contributed by atoms with Crippen LogP contribution in [0, 0.1) is 5.92 Å². The molecule has 1 saturated carbocycles. The van der Waals surface area contributed by atoms with E-state index in [9.17, 15) is 18.3 Å². The Morgan fingerprint density at radius 3 is 2.40 bits per heavy atom. The Hall–Kier alpha value is -2.19. The molecular weight excluding hydrogens is 424 g/mol. The van der Waals surface area contributed by atoms with Crippen LogP contribution < -0.4 is 4.72 Å². The number of carboxylic acids is 1. The molecule has 1 heterocycles. The van der Waals surface area contributed by atoms with E-state index in [0.29, 0.717) is 11.4 Å². The SMILES string of the molecule is CC1C(c2ccccc2)C1(NS(=O)(=O)N1CC=C(c2ccc(Cl)cc2)CC1)C(=O)O. The van der Waals surface area contributed by atoms with Crippen molar-refractivity contribution in [2.24, 2.45) is 5.92 Å². The number of aliphatic carboxylic acids is 1. The van der Waals surface area contributed by atoms with Crippen molar-refractivity contribution in [3.05, 3.63) is 76.8 Å². The highest BCUT2D eigenvalue weighted by molar-refractivity contribution is 7.87. The molecule has 6 nitrogen and oxygen atoms in total. The molecular formula is C22H23ClN2O4S. The average Bonchev–Trinajstić information content (AvgIpc) is 3.33. The predicted octanol–water partition coefficient (Wildman–Crippen LogP) is 3.52. The first kappa shape index (κ1) is 21.1. The first-order chi connectivity index (χ1) is 14.3. The van der Waals surface area contributed by atoms with E-state index in [1.807, 2.05) is 48.5 Å². The molecule has 2 aromatic rings. The van der Waals surface area contributed by atoms with Crippen molar-refractivity contribution < 1.29 is 18.3 Å². The molecule has 30 heavy (non-hydrogen) atoms. The van der Waals surface area contributed by atoms with Gasteiger partial charge in [0, 0.05) is 24.0 Å². The van der Waals surface area contributed by atoms with Gasteiger partial charge in [0.1, 0.15) is 5.54 Å². The summed E-state index contributed by atoms with van der Waals surface area (Å²) in [4.78, 5) is 12.1. The maximum Gasteiger partial charge on any atom is 0.325 e. The van der Waals surface area contributed by atoms with E-state index < -0.39 is 27.6 Å². The lowest BCUT2D eigenvalue weighted by atomic mass is 10.0. The molecule has 0 aromatic heterocycles. The third-order valence-electron chi connectivity index (χ3n) is 6.14. The summed E-state index contributed by atoms with van der Waals surface area (Å²) in [6.45, 7) is 2.24. The van der Waals surface area contributed by atoms with Gasteiger partial charge in [0.25, 0.3) is 10.2 Å². The van der Waals surface area contributed by atoms with Crippen LogP contribution in [0.4, 0.5) is 0 Å². The molecule has 1 aliphatic carbocycles. The van der Waals surface area contributed by atoms with Gasteiger partial charge in [0.2, 0.25) is 0 Å². The van der Waals surface area contributed by atoms with Gasteiger partial charge in [-0.25, -0.2) is 0 Å². The average molecular weight is 447 g/mol. The Balaban J connectivity index is 1.53. The lowest BCUT2D eigenvalue weighted by Crippen LogP contribution is -2.52. The first-order valence-corrected chi connectivity index (χ1v) is 11.6. The maximum atomic E-state index is 13.1. The Kier molecular flexibility index (Phi) is 5.48. The fourth-order valence-electron chi connectivity index (χ4n) is 4.37. The van der Waals surface area contributed by atoms with Gasteiger partial charge in [-0.15, -0.1) is 0 Å². The molecule has 8 heteroatoms. The second-order valence-electron chi connectivity index (χ2n) is 7.80. The topological polar surface area (TPSA) is 86.7 Å². The van der Waals surface area contributed by atoms with Crippen LogP contribution in [0.15, 0.2) is 60.7 Å². The first-order valence-electron chi connectivity index (χ1n) is 9.78. The van der Waals surface area contributed by atoms with Crippen molar-refractivity contribution in [1.29, 1.82) is 0 Å². The number of carboxylic acid groups (broad SMARTS) is 1. The van der Waals surface area contributed by atoms with Gasteiger partial charge in [0.05, 0.1) is 0 Å². The Morgan fingerprint density at radius 2 is 1.83 bits per heavy atom. The number of hydrogen-bond acceptors (Lipinski definition) is 3. The fraction of sp³-hybridized carbons (Fsp3) is 0.318. The number of nitrogens with one attached hydrogen (secondary N) is 1. The third kappa shape index (κ3) is 3.67. The summed E-state index contributed by atoms with van der Waals surface area (Å²) in [6, 6.07) is 16.6. The summed E-state index contributed by atoms with van der Waals surface area (Å²) in [5.74, 6) is -1.91. The zero-order chi connectivity index (χ0) is 21.5. The molecule has 0 spiro atoms. The molecule has 4 rings (SSSR count). The quantitative estimate of drug-likeness (QED) is 0.710. The van der Waals surface area contributed by atoms with Crippen LogP contribution in [0.1, 0.15) is 30.4 Å². The summed E-state index contributed by atoms with van der Waals surface area (Å²) in [5.41, 5.74) is 1.35. The van der Waals surface area contributed by atoms with E-state index in [4.69, 9.17) is 11.6 Å². The monoisotopic (exact) mass is 446 g/mol. The second-order valence-corrected chi connectivity index (χ2v) is 9.91. The van der Waals surface area contributed by atoms with Crippen LogP contribution in [0.2, 0.25) is 5.02 Å². The van der Waals surface area contributed by atoms with Crippen LogP contribution >= 0.6 is 11.6 Å². The van der Waals surface area contributed by atoms with Crippen LogP contribution in [0.25, 0.3) is 5.57 Å². The number of carbonyl (C=O) groups is 1. The summed E-state index contributed by atoms with van der Waals surface area (Å²) in [6.07, 6.45) is 2.41. The van der Waals surface area contributed by atoms with Crippen molar-refractivity contribution >= 4 is 33.4 Å². The summed E-state index contributed by atoms with van der Waals surface area (Å²) in [5, 5.41) is 10.6. The molecule has 3 atom stereocenters. The molecule has 0 radical (unpaired) electrons. The summed E-state index contributed by atoms with van der Waals surface area (Å²) >= 11 is 5.93. The van der Waals surface area contributed by atoms with Crippen molar-refractivity contribution in [3.8, 4) is 0 Å². The number of nitrogens with zero attached hydrogens (tertiary/aromatic N) is 1. The lowest BCUT2D eigenvalue weighted by Gasteiger charge is -2.28. The van der Waals surface area contributed by atoms with Crippen molar-refractivity contribution in [3.63, 3.8) is 0 Å². The van der Waals surface area contributed by atoms with Gasteiger partial charge >= 0.3 is 5.97 Å². The maximum absolute atomic E-state index is 13.1. The molecule has 0 bridgehead atoms. The smallest absolute Gasteiger partial charge is 0.325 e. The highest BCUT2D eigenvalue weighted by atomic mass is 35.5.